The zero-order valence-electron chi connectivity index (χ0n) is 11.7. The molecule has 0 radical (unpaired) electrons. The average Bonchev–Trinajstić information content (AvgIpc) is 2.44. The van der Waals surface area contributed by atoms with Crippen molar-refractivity contribution in [3.8, 4) is 0 Å². The van der Waals surface area contributed by atoms with Crippen LogP contribution in [-0.4, -0.2) is 38.9 Å². The van der Waals surface area contributed by atoms with Crippen molar-refractivity contribution in [2.24, 2.45) is 5.73 Å². The normalized spacial score (nSPS) is 11.0. The second kappa shape index (κ2) is 7.75. The first-order chi connectivity index (χ1) is 9.88. The number of sulfone groups is 1. The summed E-state index contributed by atoms with van der Waals surface area (Å²) in [7, 11) is -2.50. The van der Waals surface area contributed by atoms with E-state index in [4.69, 9.17) is 5.73 Å². The molecule has 0 saturated heterocycles. The molecule has 0 bridgehead atoms. The van der Waals surface area contributed by atoms with E-state index in [1.54, 1.807) is 24.3 Å². The van der Waals surface area contributed by atoms with Gasteiger partial charge in [0.1, 0.15) is 5.75 Å². The van der Waals surface area contributed by atoms with Gasteiger partial charge in [0.15, 0.2) is 9.84 Å². The lowest BCUT2D eigenvalue weighted by Crippen LogP contribution is -2.26. The molecule has 0 aromatic heterocycles. The molecule has 0 aliphatic carbocycles. The number of rotatable bonds is 7. The smallest absolute Gasteiger partial charge is 0.306 e. The molecular weight excluding hydrogens is 296 g/mol. The van der Waals surface area contributed by atoms with Gasteiger partial charge in [-0.15, -0.1) is 0 Å². The fourth-order valence-electron chi connectivity index (χ4n) is 1.62. The number of amides is 1. The maximum Gasteiger partial charge on any atom is 0.306 e. The number of ether oxygens (including phenoxy) is 1. The van der Waals surface area contributed by atoms with E-state index < -0.39 is 33.2 Å². The summed E-state index contributed by atoms with van der Waals surface area (Å²) in [4.78, 5) is 22.7. The number of carbonyl (C=O) groups excluding carboxylic acids is 2. The van der Waals surface area contributed by atoms with Crippen LogP contribution < -0.4 is 11.1 Å². The fraction of sp³-hybridized carbons (Fsp3) is 0.385. The SMILES string of the molecule is COC(=O)CCS(=O)(=O)CC(=O)Nc1ccccc1CN. The van der Waals surface area contributed by atoms with Crippen LogP contribution in [0.3, 0.4) is 0 Å². The predicted octanol–water partition coefficient (Wildman–Crippen LogP) is 0.0617. The summed E-state index contributed by atoms with van der Waals surface area (Å²) in [6, 6.07) is 6.86. The van der Waals surface area contributed by atoms with E-state index in [1.807, 2.05) is 0 Å². The Bertz CT molecular complexity index is 613. The highest BCUT2D eigenvalue weighted by atomic mass is 32.2. The average molecular weight is 314 g/mol. The van der Waals surface area contributed by atoms with Crippen LogP contribution in [0.5, 0.6) is 0 Å². The Morgan fingerprint density at radius 3 is 2.57 bits per heavy atom. The number of hydrogen-bond donors (Lipinski definition) is 2. The van der Waals surface area contributed by atoms with Crippen molar-refractivity contribution in [2.45, 2.75) is 13.0 Å². The molecule has 116 valence electrons. The van der Waals surface area contributed by atoms with E-state index in [9.17, 15) is 18.0 Å². The largest absolute Gasteiger partial charge is 0.469 e. The van der Waals surface area contributed by atoms with Crippen LogP contribution in [0.25, 0.3) is 0 Å². The summed E-state index contributed by atoms with van der Waals surface area (Å²) in [6.07, 6.45) is -0.272. The van der Waals surface area contributed by atoms with E-state index in [0.717, 1.165) is 0 Å². The molecule has 3 N–H and O–H groups in total. The zero-order valence-corrected chi connectivity index (χ0v) is 12.5. The molecule has 7 nitrogen and oxygen atoms in total. The van der Waals surface area contributed by atoms with Crippen molar-refractivity contribution >= 4 is 27.4 Å². The Morgan fingerprint density at radius 1 is 1.29 bits per heavy atom. The van der Waals surface area contributed by atoms with Crippen LogP contribution >= 0.6 is 0 Å². The third kappa shape index (κ3) is 5.92. The van der Waals surface area contributed by atoms with Crippen molar-refractivity contribution in [2.75, 3.05) is 23.9 Å². The molecular formula is C13H18N2O5S. The highest BCUT2D eigenvalue weighted by Crippen LogP contribution is 2.14. The highest BCUT2D eigenvalue weighted by molar-refractivity contribution is 7.92. The zero-order chi connectivity index (χ0) is 15.9. The van der Waals surface area contributed by atoms with Gasteiger partial charge in [-0.05, 0) is 11.6 Å². The van der Waals surface area contributed by atoms with Crippen LogP contribution in [0.2, 0.25) is 0 Å². The maximum absolute atomic E-state index is 11.8. The number of para-hydroxylation sites is 1. The van der Waals surface area contributed by atoms with E-state index in [2.05, 4.69) is 10.1 Å². The first-order valence-corrected chi connectivity index (χ1v) is 8.05. The number of nitrogens with two attached hydrogens (primary N) is 1. The van der Waals surface area contributed by atoms with Crippen molar-refractivity contribution in [3.63, 3.8) is 0 Å². The number of anilines is 1. The van der Waals surface area contributed by atoms with E-state index in [-0.39, 0.29) is 13.0 Å². The second-order valence-electron chi connectivity index (χ2n) is 4.33. The number of esters is 1. The van der Waals surface area contributed by atoms with Gasteiger partial charge in [0.25, 0.3) is 0 Å². The summed E-state index contributed by atoms with van der Waals surface area (Å²) in [5.74, 6) is -2.41. The molecule has 1 rings (SSSR count). The van der Waals surface area contributed by atoms with Crippen LogP contribution in [0.1, 0.15) is 12.0 Å². The molecule has 1 aromatic rings. The Kier molecular flexibility index (Phi) is 6.32. The van der Waals surface area contributed by atoms with Gasteiger partial charge < -0.3 is 15.8 Å². The van der Waals surface area contributed by atoms with Crippen molar-refractivity contribution in [1.82, 2.24) is 0 Å². The lowest BCUT2D eigenvalue weighted by atomic mass is 10.2. The summed E-state index contributed by atoms with van der Waals surface area (Å²) in [5.41, 5.74) is 6.72. The molecule has 21 heavy (non-hydrogen) atoms. The van der Waals surface area contributed by atoms with Gasteiger partial charge in [0.2, 0.25) is 5.91 Å². The Balaban J connectivity index is 2.62. The summed E-state index contributed by atoms with van der Waals surface area (Å²) < 4.78 is 27.8. The topological polar surface area (TPSA) is 116 Å². The molecule has 0 heterocycles. The van der Waals surface area contributed by atoms with Crippen molar-refractivity contribution in [1.29, 1.82) is 0 Å². The second-order valence-corrected chi connectivity index (χ2v) is 6.51. The Labute approximate surface area is 123 Å². The van der Waals surface area contributed by atoms with Gasteiger partial charge in [-0.25, -0.2) is 8.42 Å². The molecule has 0 fully saturated rings. The summed E-state index contributed by atoms with van der Waals surface area (Å²) in [5, 5.41) is 2.50. The number of methoxy groups -OCH3 is 1. The summed E-state index contributed by atoms with van der Waals surface area (Å²) >= 11 is 0. The minimum Gasteiger partial charge on any atom is -0.469 e. The minimum atomic E-state index is -3.67. The Morgan fingerprint density at radius 2 is 1.95 bits per heavy atom. The van der Waals surface area contributed by atoms with Gasteiger partial charge in [-0.2, -0.15) is 0 Å². The van der Waals surface area contributed by atoms with Crippen LogP contribution in [-0.2, 0) is 30.7 Å². The molecule has 0 aliphatic rings. The van der Waals surface area contributed by atoms with Gasteiger partial charge in [-0.3, -0.25) is 9.59 Å². The third-order valence-corrected chi connectivity index (χ3v) is 4.24. The van der Waals surface area contributed by atoms with Gasteiger partial charge >= 0.3 is 5.97 Å². The predicted molar refractivity (Wildman–Crippen MR) is 78.2 cm³/mol. The van der Waals surface area contributed by atoms with E-state index >= 15 is 0 Å². The lowest BCUT2D eigenvalue weighted by molar-refractivity contribution is -0.140. The number of hydrogen-bond acceptors (Lipinski definition) is 6. The van der Waals surface area contributed by atoms with Crippen LogP contribution in [0, 0.1) is 0 Å². The van der Waals surface area contributed by atoms with Crippen LogP contribution in [0.15, 0.2) is 24.3 Å². The monoisotopic (exact) mass is 314 g/mol. The highest BCUT2D eigenvalue weighted by Gasteiger charge is 2.19. The number of benzene rings is 1. The van der Waals surface area contributed by atoms with E-state index in [1.165, 1.54) is 7.11 Å². The standard InChI is InChI=1S/C13H18N2O5S/c1-20-13(17)6-7-21(18,19)9-12(16)15-11-5-3-2-4-10(11)8-14/h2-5H,6-9,14H2,1H3,(H,15,16). The quantitative estimate of drug-likeness (QED) is 0.688. The third-order valence-electron chi connectivity index (χ3n) is 2.71. The van der Waals surface area contributed by atoms with Gasteiger partial charge in [0.05, 0.1) is 19.3 Å². The molecule has 0 spiro atoms. The minimum absolute atomic E-state index is 0.228. The molecule has 0 atom stereocenters. The molecule has 0 saturated carbocycles. The fourth-order valence-corrected chi connectivity index (χ4v) is 2.71. The molecule has 1 aromatic carbocycles. The molecule has 1 amide bonds. The first kappa shape index (κ1) is 17.1. The maximum atomic E-state index is 11.8. The summed E-state index contributed by atoms with van der Waals surface area (Å²) in [6.45, 7) is 0.228. The molecule has 0 aliphatic heterocycles. The molecule has 0 unspecified atom stereocenters. The molecule has 8 heteroatoms. The van der Waals surface area contributed by atoms with Crippen molar-refractivity contribution < 1.29 is 22.7 Å². The van der Waals surface area contributed by atoms with Gasteiger partial charge in [-0.1, -0.05) is 18.2 Å². The van der Waals surface area contributed by atoms with Crippen molar-refractivity contribution in [3.05, 3.63) is 29.8 Å². The number of nitrogens with one attached hydrogen (secondary N) is 1. The first-order valence-electron chi connectivity index (χ1n) is 6.23. The van der Waals surface area contributed by atoms with Gasteiger partial charge in [0, 0.05) is 12.2 Å². The van der Waals surface area contributed by atoms with Crippen LogP contribution in [0.4, 0.5) is 5.69 Å². The number of carbonyl (C=O) groups is 2. The lowest BCUT2D eigenvalue weighted by Gasteiger charge is -2.09. The van der Waals surface area contributed by atoms with E-state index in [0.29, 0.717) is 11.3 Å². The Hall–Kier alpha value is -1.93.